The van der Waals surface area contributed by atoms with Gasteiger partial charge in [-0.05, 0) is 36.5 Å². The Hall–Kier alpha value is -1.90. The number of rotatable bonds is 1. The van der Waals surface area contributed by atoms with Gasteiger partial charge < -0.3 is 5.73 Å². The fraction of sp³-hybridized carbons (Fsp3) is 0.286. The lowest BCUT2D eigenvalue weighted by atomic mass is 9.82. The van der Waals surface area contributed by atoms with Gasteiger partial charge in [0.25, 0.3) is 0 Å². The summed E-state index contributed by atoms with van der Waals surface area (Å²) in [5, 5.41) is 0. The summed E-state index contributed by atoms with van der Waals surface area (Å²) in [4.78, 5) is 8.28. The molecule has 0 saturated heterocycles. The van der Waals surface area contributed by atoms with Crippen LogP contribution in [0.25, 0.3) is 0 Å². The summed E-state index contributed by atoms with van der Waals surface area (Å²) in [5.41, 5.74) is 9.64. The van der Waals surface area contributed by atoms with Crippen molar-refractivity contribution in [1.82, 2.24) is 9.97 Å². The lowest BCUT2D eigenvalue weighted by Gasteiger charge is -2.24. The van der Waals surface area contributed by atoms with Crippen molar-refractivity contribution in [3.05, 3.63) is 53.3 Å². The van der Waals surface area contributed by atoms with Crippen LogP contribution in [0.1, 0.15) is 29.2 Å². The Morgan fingerprint density at radius 3 is 2.76 bits per heavy atom. The van der Waals surface area contributed by atoms with E-state index < -0.39 is 0 Å². The van der Waals surface area contributed by atoms with Crippen molar-refractivity contribution >= 4 is 5.95 Å². The molecule has 0 bridgehead atoms. The molecule has 2 N–H and O–H groups in total. The molecule has 3 nitrogen and oxygen atoms in total. The molecule has 0 radical (unpaired) electrons. The van der Waals surface area contributed by atoms with Crippen LogP contribution in [-0.2, 0) is 12.8 Å². The van der Waals surface area contributed by atoms with Crippen LogP contribution in [0.15, 0.2) is 36.5 Å². The van der Waals surface area contributed by atoms with Crippen LogP contribution in [0.5, 0.6) is 0 Å². The average molecular weight is 225 g/mol. The topological polar surface area (TPSA) is 51.8 Å². The fourth-order valence-corrected chi connectivity index (χ4v) is 2.57. The molecule has 0 amide bonds. The van der Waals surface area contributed by atoms with E-state index in [2.05, 4.69) is 34.2 Å². The zero-order valence-corrected chi connectivity index (χ0v) is 9.63. The molecule has 1 aliphatic rings. The Labute approximate surface area is 101 Å². The first-order valence-corrected chi connectivity index (χ1v) is 5.98. The molecule has 86 valence electrons. The molecule has 0 spiro atoms. The van der Waals surface area contributed by atoms with E-state index in [1.165, 1.54) is 11.1 Å². The summed E-state index contributed by atoms with van der Waals surface area (Å²) in [6.45, 7) is 0. The Morgan fingerprint density at radius 1 is 1.12 bits per heavy atom. The number of nitrogens with two attached hydrogens (primary N) is 1. The predicted octanol–water partition coefficient (Wildman–Crippen LogP) is 2.33. The minimum atomic E-state index is 0.376. The van der Waals surface area contributed by atoms with Crippen LogP contribution in [0.3, 0.4) is 0 Å². The summed E-state index contributed by atoms with van der Waals surface area (Å²) in [6, 6.07) is 10.6. The Balaban J connectivity index is 1.89. The summed E-state index contributed by atoms with van der Waals surface area (Å²) in [6.07, 6.45) is 5.09. The van der Waals surface area contributed by atoms with Gasteiger partial charge in [0.05, 0.1) is 0 Å². The van der Waals surface area contributed by atoms with Crippen molar-refractivity contribution in [2.75, 3.05) is 5.73 Å². The minimum Gasteiger partial charge on any atom is -0.368 e. The van der Waals surface area contributed by atoms with Gasteiger partial charge in [0.15, 0.2) is 0 Å². The normalized spacial score (nSPS) is 18.7. The number of anilines is 1. The minimum absolute atomic E-state index is 0.376. The monoisotopic (exact) mass is 225 g/mol. The second-order valence-electron chi connectivity index (χ2n) is 4.55. The molecule has 0 fully saturated rings. The Kier molecular flexibility index (Phi) is 2.52. The molecule has 3 rings (SSSR count). The third-order valence-electron chi connectivity index (χ3n) is 3.46. The first-order chi connectivity index (χ1) is 8.33. The van der Waals surface area contributed by atoms with Crippen LogP contribution in [-0.4, -0.2) is 9.97 Å². The molecule has 1 aromatic heterocycles. The van der Waals surface area contributed by atoms with Gasteiger partial charge in [-0.3, -0.25) is 0 Å². The van der Waals surface area contributed by atoms with Crippen molar-refractivity contribution in [3.8, 4) is 0 Å². The largest absolute Gasteiger partial charge is 0.368 e. The fourth-order valence-electron chi connectivity index (χ4n) is 2.57. The number of fused-ring (bicyclic) bond motifs is 1. The van der Waals surface area contributed by atoms with E-state index in [0.717, 1.165) is 25.0 Å². The lowest BCUT2D eigenvalue weighted by molar-refractivity contribution is 0.570. The Bertz CT molecular complexity index is 536. The maximum absolute atomic E-state index is 5.64. The van der Waals surface area contributed by atoms with Gasteiger partial charge in [-0.25, -0.2) is 9.97 Å². The molecule has 1 aliphatic carbocycles. The molecule has 2 aromatic rings. The molecule has 1 atom stereocenters. The molecule has 1 aromatic carbocycles. The van der Waals surface area contributed by atoms with Gasteiger partial charge in [-0.2, -0.15) is 0 Å². The zero-order valence-electron chi connectivity index (χ0n) is 9.63. The van der Waals surface area contributed by atoms with Crippen LogP contribution < -0.4 is 5.73 Å². The number of aryl methyl sites for hydroxylation is 1. The molecular weight excluding hydrogens is 210 g/mol. The van der Waals surface area contributed by atoms with Crippen LogP contribution in [0.4, 0.5) is 5.95 Å². The van der Waals surface area contributed by atoms with E-state index in [1.807, 2.05) is 6.07 Å². The van der Waals surface area contributed by atoms with E-state index in [9.17, 15) is 0 Å². The number of hydrogen-bond donors (Lipinski definition) is 1. The number of hydrogen-bond acceptors (Lipinski definition) is 3. The molecule has 0 aliphatic heterocycles. The Morgan fingerprint density at radius 2 is 1.94 bits per heavy atom. The highest BCUT2D eigenvalue weighted by Crippen LogP contribution is 2.31. The van der Waals surface area contributed by atoms with Crippen molar-refractivity contribution in [2.24, 2.45) is 0 Å². The number of benzene rings is 1. The first-order valence-electron chi connectivity index (χ1n) is 5.98. The van der Waals surface area contributed by atoms with Crippen LogP contribution >= 0.6 is 0 Å². The highest BCUT2D eigenvalue weighted by atomic mass is 15.0. The molecule has 0 saturated carbocycles. The standard InChI is InChI=1S/C14H15N3/c15-14-16-8-7-13(17-14)12-6-5-10-3-1-2-4-11(10)9-12/h1-4,7-8,12H,5-6,9H2,(H2,15,16,17). The van der Waals surface area contributed by atoms with Gasteiger partial charge in [0.1, 0.15) is 0 Å². The van der Waals surface area contributed by atoms with Gasteiger partial charge in [0.2, 0.25) is 5.95 Å². The highest BCUT2D eigenvalue weighted by Gasteiger charge is 2.20. The number of nitrogens with zero attached hydrogens (tertiary/aromatic N) is 2. The number of nitrogen functional groups attached to an aromatic ring is 1. The van der Waals surface area contributed by atoms with Crippen molar-refractivity contribution in [3.63, 3.8) is 0 Å². The third kappa shape index (κ3) is 2.00. The van der Waals surface area contributed by atoms with Gasteiger partial charge in [0, 0.05) is 17.8 Å². The molecule has 1 heterocycles. The van der Waals surface area contributed by atoms with E-state index in [-0.39, 0.29) is 0 Å². The van der Waals surface area contributed by atoms with Gasteiger partial charge in [-0.1, -0.05) is 24.3 Å². The van der Waals surface area contributed by atoms with Crippen molar-refractivity contribution in [1.29, 1.82) is 0 Å². The predicted molar refractivity (Wildman–Crippen MR) is 67.7 cm³/mol. The summed E-state index contributed by atoms with van der Waals surface area (Å²) in [5.74, 6) is 0.858. The smallest absolute Gasteiger partial charge is 0.220 e. The second kappa shape index (κ2) is 4.17. The van der Waals surface area contributed by atoms with Crippen molar-refractivity contribution < 1.29 is 0 Å². The van der Waals surface area contributed by atoms with E-state index in [4.69, 9.17) is 5.73 Å². The summed E-state index contributed by atoms with van der Waals surface area (Å²) >= 11 is 0. The first kappa shape index (κ1) is 10.3. The SMILES string of the molecule is Nc1nccc(C2CCc3ccccc3C2)n1. The number of aromatic nitrogens is 2. The zero-order chi connectivity index (χ0) is 11.7. The molecular formula is C14H15N3. The van der Waals surface area contributed by atoms with Crippen LogP contribution in [0, 0.1) is 0 Å². The quantitative estimate of drug-likeness (QED) is 0.810. The van der Waals surface area contributed by atoms with E-state index in [1.54, 1.807) is 6.20 Å². The maximum atomic E-state index is 5.64. The molecule has 3 heteroatoms. The highest BCUT2D eigenvalue weighted by molar-refractivity contribution is 5.33. The lowest BCUT2D eigenvalue weighted by Crippen LogP contribution is -2.14. The molecule has 1 unspecified atom stereocenters. The summed E-state index contributed by atoms with van der Waals surface area (Å²) in [7, 11) is 0. The average Bonchev–Trinajstić information content (AvgIpc) is 2.38. The summed E-state index contributed by atoms with van der Waals surface area (Å²) < 4.78 is 0. The maximum Gasteiger partial charge on any atom is 0.220 e. The molecule has 17 heavy (non-hydrogen) atoms. The van der Waals surface area contributed by atoms with E-state index in [0.29, 0.717) is 11.9 Å². The van der Waals surface area contributed by atoms with Gasteiger partial charge >= 0.3 is 0 Å². The third-order valence-corrected chi connectivity index (χ3v) is 3.46. The van der Waals surface area contributed by atoms with E-state index >= 15 is 0 Å². The van der Waals surface area contributed by atoms with Crippen molar-refractivity contribution in [2.45, 2.75) is 25.2 Å². The van der Waals surface area contributed by atoms with Gasteiger partial charge in [-0.15, -0.1) is 0 Å². The second-order valence-corrected chi connectivity index (χ2v) is 4.55. The van der Waals surface area contributed by atoms with Crippen LogP contribution in [0.2, 0.25) is 0 Å².